The Morgan fingerprint density at radius 2 is 1.96 bits per heavy atom. The number of rotatable bonds is 3. The fourth-order valence-corrected chi connectivity index (χ4v) is 6.08. The van der Waals surface area contributed by atoms with Crippen molar-refractivity contribution in [3.63, 3.8) is 0 Å². The summed E-state index contributed by atoms with van der Waals surface area (Å²) in [5.74, 6) is -0.387. The molecule has 4 atom stereocenters. The molecule has 0 bridgehead atoms. The lowest BCUT2D eigenvalue weighted by atomic mass is 9.46. The van der Waals surface area contributed by atoms with E-state index >= 15 is 0 Å². The Kier molecular flexibility index (Phi) is 3.99. The number of aldehydes is 1. The van der Waals surface area contributed by atoms with Gasteiger partial charge in [-0.25, -0.2) is 0 Å². The van der Waals surface area contributed by atoms with Gasteiger partial charge in [0.05, 0.1) is 12.0 Å². The second-order valence-electron chi connectivity index (χ2n) is 9.27. The number of carbonyl (C=O) groups excluding carboxylic acids is 1. The van der Waals surface area contributed by atoms with Crippen LogP contribution in [0.2, 0.25) is 0 Å². The number of hydrogen-bond donors (Lipinski definition) is 1. The predicted octanol–water partition coefficient (Wildman–Crippen LogP) is 4.13. The molecule has 4 unspecified atom stereocenters. The molecule has 0 aromatic carbocycles. The normalized spacial score (nSPS) is 44.0. The summed E-state index contributed by atoms with van der Waals surface area (Å²) in [5, 5.41) is 9.26. The van der Waals surface area contributed by atoms with Gasteiger partial charge in [-0.2, -0.15) is 0 Å². The zero-order valence-corrected chi connectivity index (χ0v) is 15.4. The minimum atomic E-state index is -0.840. The van der Waals surface area contributed by atoms with Crippen LogP contribution >= 0.6 is 0 Å². The van der Waals surface area contributed by atoms with E-state index in [0.29, 0.717) is 12.3 Å². The highest BCUT2D eigenvalue weighted by atomic mass is 16.5. The number of ether oxygens (including phenoxy) is 1. The van der Waals surface area contributed by atoms with E-state index in [1.54, 1.807) is 0 Å². The SMILES string of the molecule is CC1(CC(=O)O)CCC2(O1)C(C=O)=CCC1C(C)(C)CCCC12C. The highest BCUT2D eigenvalue weighted by Crippen LogP contribution is 2.66. The molecule has 4 nitrogen and oxygen atoms in total. The van der Waals surface area contributed by atoms with E-state index in [-0.39, 0.29) is 17.3 Å². The summed E-state index contributed by atoms with van der Waals surface area (Å²) in [7, 11) is 0. The molecular weight excluding hydrogens is 304 g/mol. The van der Waals surface area contributed by atoms with E-state index in [2.05, 4.69) is 26.8 Å². The van der Waals surface area contributed by atoms with E-state index in [9.17, 15) is 14.7 Å². The lowest BCUT2D eigenvalue weighted by Gasteiger charge is -2.60. The van der Waals surface area contributed by atoms with Gasteiger partial charge in [0.15, 0.2) is 0 Å². The van der Waals surface area contributed by atoms with Crippen molar-refractivity contribution in [2.75, 3.05) is 0 Å². The molecule has 3 aliphatic rings. The maximum Gasteiger partial charge on any atom is 0.306 e. The fraction of sp³-hybridized carbons (Fsp3) is 0.800. The third-order valence-electron chi connectivity index (χ3n) is 7.27. The molecule has 134 valence electrons. The van der Waals surface area contributed by atoms with Crippen LogP contribution in [0.4, 0.5) is 0 Å². The Bertz CT molecular complexity index is 592. The molecule has 1 saturated carbocycles. The van der Waals surface area contributed by atoms with Crippen LogP contribution in [0.25, 0.3) is 0 Å². The number of carboxylic acid groups (broad SMARTS) is 1. The molecule has 24 heavy (non-hydrogen) atoms. The molecule has 2 fully saturated rings. The van der Waals surface area contributed by atoms with Crippen molar-refractivity contribution in [3.05, 3.63) is 11.6 Å². The maximum atomic E-state index is 11.9. The molecule has 1 saturated heterocycles. The Morgan fingerprint density at radius 1 is 1.25 bits per heavy atom. The van der Waals surface area contributed by atoms with Gasteiger partial charge in [0.25, 0.3) is 0 Å². The Labute approximate surface area is 144 Å². The van der Waals surface area contributed by atoms with Crippen LogP contribution in [-0.2, 0) is 14.3 Å². The van der Waals surface area contributed by atoms with Crippen molar-refractivity contribution in [1.82, 2.24) is 0 Å². The lowest BCUT2D eigenvalue weighted by Crippen LogP contribution is -2.60. The Balaban J connectivity index is 2.07. The first-order chi connectivity index (χ1) is 11.1. The number of carbonyl (C=O) groups is 2. The second-order valence-corrected chi connectivity index (χ2v) is 9.27. The first-order valence-electron chi connectivity index (χ1n) is 9.16. The van der Waals surface area contributed by atoms with Crippen molar-refractivity contribution in [2.45, 2.75) is 83.8 Å². The molecule has 1 N–H and O–H groups in total. The molecule has 0 radical (unpaired) electrons. The van der Waals surface area contributed by atoms with Crippen LogP contribution in [0.5, 0.6) is 0 Å². The van der Waals surface area contributed by atoms with Gasteiger partial charge in [0.1, 0.15) is 11.9 Å². The minimum absolute atomic E-state index is 0.00890. The number of allylic oxidation sites excluding steroid dienone is 1. The smallest absolute Gasteiger partial charge is 0.306 e. The van der Waals surface area contributed by atoms with Crippen LogP contribution < -0.4 is 0 Å². The van der Waals surface area contributed by atoms with Crippen molar-refractivity contribution in [2.24, 2.45) is 16.7 Å². The summed E-state index contributed by atoms with van der Waals surface area (Å²) in [4.78, 5) is 23.2. The van der Waals surface area contributed by atoms with Gasteiger partial charge in [-0.05, 0) is 50.4 Å². The molecule has 0 amide bonds. The van der Waals surface area contributed by atoms with Crippen molar-refractivity contribution in [1.29, 1.82) is 0 Å². The highest BCUT2D eigenvalue weighted by molar-refractivity contribution is 5.78. The van der Waals surface area contributed by atoms with Crippen LogP contribution in [-0.4, -0.2) is 28.6 Å². The standard InChI is InChI=1S/C20H30O4/c1-17(2)8-5-9-19(4)15(17)7-6-14(13-21)20(19)11-10-18(3,24-20)12-16(22)23/h6,13,15H,5,7-12H2,1-4H3,(H,22,23). The number of hydrogen-bond acceptors (Lipinski definition) is 3. The lowest BCUT2D eigenvalue weighted by molar-refractivity contribution is -0.193. The maximum absolute atomic E-state index is 11.9. The number of aliphatic carboxylic acids is 1. The zero-order chi connectivity index (χ0) is 17.8. The number of fused-ring (bicyclic) bond motifs is 2. The van der Waals surface area contributed by atoms with Crippen molar-refractivity contribution < 1.29 is 19.4 Å². The largest absolute Gasteiger partial charge is 0.481 e. The van der Waals surface area contributed by atoms with Crippen LogP contribution in [0.15, 0.2) is 11.6 Å². The molecule has 1 aliphatic heterocycles. The van der Waals surface area contributed by atoms with E-state index in [0.717, 1.165) is 37.5 Å². The van der Waals surface area contributed by atoms with E-state index in [1.165, 1.54) is 6.42 Å². The third-order valence-corrected chi connectivity index (χ3v) is 7.27. The summed E-state index contributed by atoms with van der Waals surface area (Å²) >= 11 is 0. The summed E-state index contributed by atoms with van der Waals surface area (Å²) in [6, 6.07) is 0. The third kappa shape index (κ3) is 2.37. The molecule has 0 aromatic rings. The second kappa shape index (κ2) is 5.42. The Hall–Kier alpha value is -1.16. The average molecular weight is 334 g/mol. The number of carboxylic acids is 1. The highest BCUT2D eigenvalue weighted by Gasteiger charge is 2.65. The van der Waals surface area contributed by atoms with E-state index in [4.69, 9.17) is 4.74 Å². The quantitative estimate of drug-likeness (QED) is 0.788. The molecular formula is C20H30O4. The topological polar surface area (TPSA) is 63.6 Å². The van der Waals surface area contributed by atoms with Crippen molar-refractivity contribution >= 4 is 12.3 Å². The van der Waals surface area contributed by atoms with Crippen LogP contribution in [0.3, 0.4) is 0 Å². The first-order valence-corrected chi connectivity index (χ1v) is 9.16. The fourth-order valence-electron chi connectivity index (χ4n) is 6.08. The van der Waals surface area contributed by atoms with Crippen LogP contribution in [0.1, 0.15) is 72.6 Å². The van der Waals surface area contributed by atoms with E-state index < -0.39 is 17.2 Å². The van der Waals surface area contributed by atoms with Gasteiger partial charge in [0, 0.05) is 11.0 Å². The predicted molar refractivity (Wildman–Crippen MR) is 91.7 cm³/mol. The molecule has 3 rings (SSSR count). The molecule has 2 aliphatic carbocycles. The molecule has 1 spiro atoms. The monoisotopic (exact) mass is 334 g/mol. The molecule has 1 heterocycles. The van der Waals surface area contributed by atoms with Crippen LogP contribution in [0, 0.1) is 16.7 Å². The average Bonchev–Trinajstić information content (AvgIpc) is 2.79. The van der Waals surface area contributed by atoms with Gasteiger partial charge >= 0.3 is 5.97 Å². The van der Waals surface area contributed by atoms with Gasteiger partial charge < -0.3 is 9.84 Å². The van der Waals surface area contributed by atoms with Gasteiger partial charge in [-0.3, -0.25) is 9.59 Å². The summed E-state index contributed by atoms with van der Waals surface area (Å²) in [6.45, 7) is 8.82. The molecule has 4 heteroatoms. The first kappa shape index (κ1) is 17.7. The van der Waals surface area contributed by atoms with Gasteiger partial charge in [0.2, 0.25) is 0 Å². The summed E-state index contributed by atoms with van der Waals surface area (Å²) < 4.78 is 6.58. The summed E-state index contributed by atoms with van der Waals surface area (Å²) in [6.07, 6.45) is 8.72. The van der Waals surface area contributed by atoms with E-state index in [1.807, 2.05) is 6.92 Å². The zero-order valence-electron chi connectivity index (χ0n) is 15.4. The minimum Gasteiger partial charge on any atom is -0.481 e. The molecule has 0 aromatic heterocycles. The van der Waals surface area contributed by atoms with Gasteiger partial charge in [-0.1, -0.05) is 33.3 Å². The Morgan fingerprint density at radius 3 is 2.58 bits per heavy atom. The summed E-state index contributed by atoms with van der Waals surface area (Å²) in [5.41, 5.74) is -0.483. The van der Waals surface area contributed by atoms with Crippen molar-refractivity contribution in [3.8, 4) is 0 Å². The van der Waals surface area contributed by atoms with Gasteiger partial charge in [-0.15, -0.1) is 0 Å².